The zero-order valence-corrected chi connectivity index (χ0v) is 35.6. The van der Waals surface area contributed by atoms with Gasteiger partial charge in [0.15, 0.2) is 0 Å². The molecule has 57 heavy (non-hydrogen) atoms. The van der Waals surface area contributed by atoms with Gasteiger partial charge in [-0.2, -0.15) is 0 Å². The molecule has 0 aliphatic carbocycles. The van der Waals surface area contributed by atoms with Gasteiger partial charge < -0.3 is 0 Å². The number of hydrogen-bond donors (Lipinski definition) is 0. The molecular formula is C55H60N2. The third-order valence-corrected chi connectivity index (χ3v) is 9.00. The molecule has 2 heteroatoms. The van der Waals surface area contributed by atoms with Gasteiger partial charge in [-0.05, 0) is 107 Å². The Morgan fingerprint density at radius 1 is 0.614 bits per heavy atom. The van der Waals surface area contributed by atoms with Gasteiger partial charge in [-0.1, -0.05) is 189 Å². The van der Waals surface area contributed by atoms with E-state index in [-0.39, 0.29) is 0 Å². The van der Waals surface area contributed by atoms with E-state index in [1.165, 1.54) is 11.1 Å². The SMILES string of the molecule is C=C/C=C\C(C(=C)C)=C(\N=C(C)c1ccccc1)c1ccc(-c2cc(/C(=C/C=C)c3ccccc3C)cc(-c3ccnc4ccccc34)c2)cc1.CC.CC.CC. The summed E-state index contributed by atoms with van der Waals surface area (Å²) in [4.78, 5) is 9.85. The maximum Gasteiger partial charge on any atom is 0.0780 e. The monoisotopic (exact) mass is 748 g/mol. The molecule has 6 aromatic rings. The second kappa shape index (κ2) is 23.5. The number of aryl methyl sites for hydroxylation is 1. The van der Waals surface area contributed by atoms with E-state index < -0.39 is 0 Å². The molecule has 0 aliphatic heterocycles. The Labute approximate surface area is 343 Å². The molecule has 0 N–H and O–H groups in total. The summed E-state index contributed by atoms with van der Waals surface area (Å²) in [5.74, 6) is 0. The van der Waals surface area contributed by atoms with Crippen molar-refractivity contribution >= 4 is 27.9 Å². The number of benzene rings is 5. The van der Waals surface area contributed by atoms with Gasteiger partial charge in [-0.25, -0.2) is 0 Å². The maximum absolute atomic E-state index is 5.20. The predicted molar refractivity (Wildman–Crippen MR) is 255 cm³/mol. The first-order valence-corrected chi connectivity index (χ1v) is 20.2. The lowest BCUT2D eigenvalue weighted by Gasteiger charge is -2.17. The smallest absolute Gasteiger partial charge is 0.0780 e. The number of para-hydroxylation sites is 1. The Bertz CT molecular complexity index is 2360. The van der Waals surface area contributed by atoms with Gasteiger partial charge in [0.05, 0.1) is 11.2 Å². The lowest BCUT2D eigenvalue weighted by molar-refractivity contribution is 1.38. The first kappa shape index (κ1) is 45.0. The van der Waals surface area contributed by atoms with Crippen molar-refractivity contribution in [2.45, 2.75) is 62.3 Å². The third kappa shape index (κ3) is 11.6. The first-order valence-electron chi connectivity index (χ1n) is 20.2. The first-order chi connectivity index (χ1) is 27.9. The van der Waals surface area contributed by atoms with Crippen LogP contribution < -0.4 is 0 Å². The Hall–Kier alpha value is -6.38. The number of pyridine rings is 1. The van der Waals surface area contributed by atoms with Crippen LogP contribution in [0.15, 0.2) is 200 Å². The van der Waals surface area contributed by atoms with Crippen LogP contribution in [0.1, 0.15) is 83.2 Å². The highest BCUT2D eigenvalue weighted by Gasteiger charge is 2.15. The summed E-state index contributed by atoms with van der Waals surface area (Å²) < 4.78 is 0. The van der Waals surface area contributed by atoms with Crippen molar-refractivity contribution in [1.29, 1.82) is 0 Å². The van der Waals surface area contributed by atoms with Crippen LogP contribution in [0.25, 0.3) is 44.4 Å². The van der Waals surface area contributed by atoms with E-state index in [4.69, 9.17) is 4.99 Å². The Balaban J connectivity index is 0.00000138. The predicted octanol–water partition coefficient (Wildman–Crippen LogP) is 16.1. The third-order valence-electron chi connectivity index (χ3n) is 9.00. The molecule has 0 radical (unpaired) electrons. The second-order valence-electron chi connectivity index (χ2n) is 12.6. The molecule has 0 spiro atoms. The number of fused-ring (bicyclic) bond motifs is 1. The molecule has 6 rings (SSSR count). The van der Waals surface area contributed by atoms with E-state index in [0.29, 0.717) is 0 Å². The van der Waals surface area contributed by atoms with E-state index in [1.54, 1.807) is 6.08 Å². The summed E-state index contributed by atoms with van der Waals surface area (Å²) in [5.41, 5.74) is 15.8. The summed E-state index contributed by atoms with van der Waals surface area (Å²) in [5, 5.41) is 1.12. The van der Waals surface area contributed by atoms with Gasteiger partial charge in [-0.3, -0.25) is 9.98 Å². The Morgan fingerprint density at radius 2 is 1.25 bits per heavy atom. The molecule has 2 nitrogen and oxygen atoms in total. The van der Waals surface area contributed by atoms with Gasteiger partial charge in [0.2, 0.25) is 0 Å². The van der Waals surface area contributed by atoms with E-state index in [0.717, 1.165) is 78.0 Å². The summed E-state index contributed by atoms with van der Waals surface area (Å²) in [6.07, 6.45) is 11.6. The van der Waals surface area contributed by atoms with Crippen LogP contribution in [0.5, 0.6) is 0 Å². The molecule has 0 aliphatic rings. The second-order valence-corrected chi connectivity index (χ2v) is 12.6. The summed E-state index contributed by atoms with van der Waals surface area (Å²) >= 11 is 0. The summed E-state index contributed by atoms with van der Waals surface area (Å²) in [7, 11) is 0. The van der Waals surface area contributed by atoms with Crippen LogP contribution in [0.2, 0.25) is 0 Å². The summed E-state index contributed by atoms with van der Waals surface area (Å²) in [6.45, 7) is 30.5. The van der Waals surface area contributed by atoms with Crippen LogP contribution in [-0.2, 0) is 0 Å². The van der Waals surface area contributed by atoms with E-state index in [2.05, 4.69) is 148 Å². The molecule has 0 saturated heterocycles. The van der Waals surface area contributed by atoms with Crippen LogP contribution in [-0.4, -0.2) is 10.7 Å². The molecule has 0 unspecified atom stereocenters. The van der Waals surface area contributed by atoms with Gasteiger partial charge in [0, 0.05) is 28.4 Å². The van der Waals surface area contributed by atoms with Gasteiger partial charge in [0.1, 0.15) is 0 Å². The Morgan fingerprint density at radius 3 is 1.89 bits per heavy atom. The largest absolute Gasteiger partial charge is 0.256 e. The van der Waals surface area contributed by atoms with Crippen LogP contribution in [0, 0.1) is 6.92 Å². The zero-order valence-electron chi connectivity index (χ0n) is 35.6. The minimum Gasteiger partial charge on any atom is -0.256 e. The highest BCUT2D eigenvalue weighted by molar-refractivity contribution is 6.02. The van der Waals surface area contributed by atoms with E-state index in [1.807, 2.05) is 97.2 Å². The molecule has 0 bridgehead atoms. The molecule has 1 aromatic heterocycles. The average Bonchev–Trinajstić information content (AvgIpc) is 3.27. The van der Waals surface area contributed by atoms with Crippen LogP contribution in [0.3, 0.4) is 0 Å². The molecule has 0 atom stereocenters. The van der Waals surface area contributed by atoms with Gasteiger partial charge >= 0.3 is 0 Å². The lowest BCUT2D eigenvalue weighted by atomic mass is 9.88. The number of allylic oxidation sites excluding steroid dienone is 7. The normalized spacial score (nSPS) is 11.5. The van der Waals surface area contributed by atoms with Crippen molar-refractivity contribution in [2.75, 3.05) is 0 Å². The maximum atomic E-state index is 5.20. The van der Waals surface area contributed by atoms with E-state index >= 15 is 0 Å². The molecular weight excluding hydrogens is 689 g/mol. The van der Waals surface area contributed by atoms with E-state index in [9.17, 15) is 0 Å². The highest BCUT2D eigenvalue weighted by Crippen LogP contribution is 2.37. The fourth-order valence-corrected chi connectivity index (χ4v) is 6.39. The molecule has 1 heterocycles. The standard InChI is InChI=1S/C49H42N2.3C2H6/c1-7-9-21-43(34(3)4)49(51-36(6)37-19-11-10-12-20-37)39-27-25-38(26-28-39)40-31-41(45(17-8-2)44-22-14-13-18-35(44)5)33-42(32-40)46-29-30-50-48-24-16-15-23-47(46)48;3*1-2/h7-33H,1-3H2,4-6H3;3*1-2H3/b21-9-,45-17-,49-43-,51-36?;;;. The molecule has 5 aromatic carbocycles. The fraction of sp³-hybridized carbons (Fsp3) is 0.164. The number of hydrogen-bond acceptors (Lipinski definition) is 2. The minimum atomic E-state index is 0.863. The van der Waals surface area contributed by atoms with Crippen molar-refractivity contribution in [3.63, 3.8) is 0 Å². The van der Waals surface area contributed by atoms with Crippen molar-refractivity contribution < 1.29 is 0 Å². The minimum absolute atomic E-state index is 0.863. The zero-order chi connectivity index (χ0) is 41.7. The quantitative estimate of drug-likeness (QED) is 0.0957. The lowest BCUT2D eigenvalue weighted by Crippen LogP contribution is -1.98. The summed E-state index contributed by atoms with van der Waals surface area (Å²) in [6, 6.07) is 44.8. The Kier molecular flexibility index (Phi) is 18.6. The number of rotatable bonds is 11. The topological polar surface area (TPSA) is 25.2 Å². The average molecular weight is 749 g/mol. The van der Waals surface area contributed by atoms with Gasteiger partial charge in [-0.15, -0.1) is 0 Å². The molecule has 0 fully saturated rings. The number of aromatic nitrogens is 1. The van der Waals surface area contributed by atoms with Crippen LogP contribution >= 0.6 is 0 Å². The highest BCUT2D eigenvalue weighted by atomic mass is 14.8. The van der Waals surface area contributed by atoms with Crippen molar-refractivity contribution in [3.05, 3.63) is 223 Å². The molecule has 0 amide bonds. The number of nitrogens with zero attached hydrogens (tertiary/aromatic N) is 2. The van der Waals surface area contributed by atoms with Crippen molar-refractivity contribution in [2.24, 2.45) is 4.99 Å². The van der Waals surface area contributed by atoms with Crippen LogP contribution in [0.4, 0.5) is 0 Å². The molecule has 0 saturated carbocycles. The number of aliphatic imine (C=N–C) groups is 1. The van der Waals surface area contributed by atoms with Gasteiger partial charge in [0.25, 0.3) is 0 Å². The fourth-order valence-electron chi connectivity index (χ4n) is 6.39. The van der Waals surface area contributed by atoms with Crippen molar-refractivity contribution in [1.82, 2.24) is 4.98 Å². The molecule has 290 valence electrons. The van der Waals surface area contributed by atoms with Crippen molar-refractivity contribution in [3.8, 4) is 22.3 Å².